The average Bonchev–Trinajstić information content (AvgIpc) is 3.75. The van der Waals surface area contributed by atoms with E-state index in [1.165, 1.54) is 0 Å². The summed E-state index contributed by atoms with van der Waals surface area (Å²) >= 11 is 0. The van der Waals surface area contributed by atoms with Crippen molar-refractivity contribution in [1.82, 2.24) is 19.3 Å². The number of ether oxygens (including phenoxy) is 2. The fraction of sp³-hybridized carbons (Fsp3) is 0.152. The molecule has 0 bridgehead atoms. The van der Waals surface area contributed by atoms with Gasteiger partial charge in [-0.15, -0.1) is 0 Å². The second-order valence-electron chi connectivity index (χ2n) is 9.86. The second-order valence-corrected chi connectivity index (χ2v) is 9.86. The van der Waals surface area contributed by atoms with Crippen LogP contribution in [0.4, 0.5) is 0 Å². The van der Waals surface area contributed by atoms with Crippen molar-refractivity contribution >= 4 is 22.8 Å². The molecule has 0 radical (unpaired) electrons. The largest absolute Gasteiger partial charge is 0.497 e. The summed E-state index contributed by atoms with van der Waals surface area (Å²) in [6, 6.07) is 24.3. The highest BCUT2D eigenvalue weighted by Gasteiger charge is 2.22. The first-order valence-corrected chi connectivity index (χ1v) is 13.4. The Kier molecular flexibility index (Phi) is 7.14. The number of Topliss-reactive ketones (excluding diaryl/α,β-unsaturated/α-hetero) is 1. The molecule has 0 aliphatic heterocycles. The number of rotatable bonds is 9. The first kappa shape index (κ1) is 26.8. The number of carbonyl (C=O) groups is 2. The van der Waals surface area contributed by atoms with Crippen LogP contribution in [0.3, 0.4) is 0 Å². The molecular formula is C33H28N4O5. The third-order valence-corrected chi connectivity index (χ3v) is 7.18. The van der Waals surface area contributed by atoms with Gasteiger partial charge >= 0.3 is 5.97 Å². The van der Waals surface area contributed by atoms with Crippen LogP contribution in [0.5, 0.6) is 5.75 Å². The lowest BCUT2D eigenvalue weighted by Gasteiger charge is -2.11. The third-order valence-electron chi connectivity index (χ3n) is 7.18. The molecule has 6 aromatic rings. The molecule has 9 heteroatoms. The predicted molar refractivity (Wildman–Crippen MR) is 157 cm³/mol. The molecule has 210 valence electrons. The smallest absolute Gasteiger partial charge is 0.339 e. The predicted octanol–water partition coefficient (Wildman–Crippen LogP) is 6.20. The zero-order valence-corrected chi connectivity index (χ0v) is 23.4. The molecule has 4 aromatic heterocycles. The van der Waals surface area contributed by atoms with Crippen molar-refractivity contribution in [2.75, 3.05) is 13.7 Å². The van der Waals surface area contributed by atoms with E-state index in [9.17, 15) is 9.59 Å². The van der Waals surface area contributed by atoms with E-state index in [1.54, 1.807) is 36.4 Å². The van der Waals surface area contributed by atoms with Crippen LogP contribution >= 0.6 is 0 Å². The number of nitrogens with zero attached hydrogens (tertiary/aromatic N) is 4. The van der Waals surface area contributed by atoms with Gasteiger partial charge in [0.2, 0.25) is 5.78 Å². The molecule has 0 aliphatic carbocycles. The summed E-state index contributed by atoms with van der Waals surface area (Å²) in [5.41, 5.74) is 5.26. The minimum Gasteiger partial charge on any atom is -0.497 e. The van der Waals surface area contributed by atoms with Gasteiger partial charge in [-0.1, -0.05) is 30.3 Å². The zero-order valence-electron chi connectivity index (χ0n) is 23.4. The molecule has 9 nitrogen and oxygen atoms in total. The van der Waals surface area contributed by atoms with E-state index < -0.39 is 12.6 Å². The maximum atomic E-state index is 13.5. The summed E-state index contributed by atoms with van der Waals surface area (Å²) in [6.07, 6.45) is 3.18. The number of pyridine rings is 1. The fourth-order valence-electron chi connectivity index (χ4n) is 5.10. The van der Waals surface area contributed by atoms with E-state index in [0.29, 0.717) is 34.6 Å². The van der Waals surface area contributed by atoms with Crippen molar-refractivity contribution in [3.05, 3.63) is 120 Å². The molecule has 0 unspecified atom stereocenters. The molecule has 0 saturated heterocycles. The van der Waals surface area contributed by atoms with Crippen molar-refractivity contribution in [2.45, 2.75) is 20.4 Å². The van der Waals surface area contributed by atoms with Crippen LogP contribution in [0.15, 0.2) is 95.7 Å². The average molecular weight is 561 g/mol. The first-order valence-electron chi connectivity index (χ1n) is 13.4. The highest BCUT2D eigenvalue weighted by atomic mass is 16.5. The Balaban J connectivity index is 1.28. The molecule has 4 heterocycles. The lowest BCUT2D eigenvalue weighted by Crippen LogP contribution is -2.15. The zero-order chi connectivity index (χ0) is 29.2. The Morgan fingerprint density at radius 3 is 2.43 bits per heavy atom. The molecule has 0 saturated carbocycles. The molecular weight excluding hydrogens is 532 g/mol. The number of furan rings is 1. The molecule has 0 fully saturated rings. The molecule has 42 heavy (non-hydrogen) atoms. The number of hydrogen-bond acceptors (Lipinski definition) is 7. The minimum absolute atomic E-state index is 0.279. The molecule has 6 rings (SSSR count). The lowest BCUT2D eigenvalue weighted by atomic mass is 10.1. The monoisotopic (exact) mass is 560 g/mol. The van der Waals surface area contributed by atoms with Crippen molar-refractivity contribution < 1.29 is 23.5 Å². The number of hydrogen-bond donors (Lipinski definition) is 0. The first-order chi connectivity index (χ1) is 20.4. The van der Waals surface area contributed by atoms with Gasteiger partial charge in [-0.25, -0.2) is 14.5 Å². The normalized spacial score (nSPS) is 11.1. The van der Waals surface area contributed by atoms with E-state index in [-0.39, 0.29) is 11.3 Å². The minimum atomic E-state index is -0.630. The Hall–Kier alpha value is -5.44. The maximum Gasteiger partial charge on any atom is 0.339 e. The SMILES string of the molecule is COc1ccc(-n2c(C)cc(C(=O)COC(=O)c3cc(-c4ccccc4)nc4c3cnn4Cc3ccco3)c2C)cc1. The van der Waals surface area contributed by atoms with Crippen molar-refractivity contribution in [3.8, 4) is 22.7 Å². The number of aryl methyl sites for hydroxylation is 1. The van der Waals surface area contributed by atoms with Crippen LogP contribution in [-0.4, -0.2) is 44.8 Å². The van der Waals surface area contributed by atoms with Crippen LogP contribution in [-0.2, 0) is 11.3 Å². The number of esters is 1. The van der Waals surface area contributed by atoms with Crippen molar-refractivity contribution in [2.24, 2.45) is 0 Å². The van der Waals surface area contributed by atoms with E-state index in [2.05, 4.69) is 5.10 Å². The highest BCUT2D eigenvalue weighted by molar-refractivity contribution is 6.05. The quantitative estimate of drug-likeness (QED) is 0.153. The van der Waals surface area contributed by atoms with Gasteiger partial charge < -0.3 is 18.5 Å². The number of aromatic nitrogens is 4. The number of fused-ring (bicyclic) bond motifs is 1. The van der Waals surface area contributed by atoms with Crippen molar-refractivity contribution in [3.63, 3.8) is 0 Å². The fourth-order valence-corrected chi connectivity index (χ4v) is 5.10. The van der Waals surface area contributed by atoms with Crippen LogP contribution in [0, 0.1) is 13.8 Å². The number of carbonyl (C=O) groups excluding carboxylic acids is 2. The highest BCUT2D eigenvalue weighted by Crippen LogP contribution is 2.27. The summed E-state index contributed by atoms with van der Waals surface area (Å²) in [7, 11) is 1.62. The van der Waals surface area contributed by atoms with E-state index in [1.807, 2.05) is 85.1 Å². The molecule has 0 amide bonds. The Labute approximate surface area is 241 Å². The lowest BCUT2D eigenvalue weighted by molar-refractivity contribution is 0.0476. The Morgan fingerprint density at radius 1 is 0.929 bits per heavy atom. The maximum absolute atomic E-state index is 13.5. The third kappa shape index (κ3) is 5.08. The van der Waals surface area contributed by atoms with Crippen LogP contribution in [0.2, 0.25) is 0 Å². The van der Waals surface area contributed by atoms with Gasteiger partial charge in [0.15, 0.2) is 12.3 Å². The summed E-state index contributed by atoms with van der Waals surface area (Å²) in [5.74, 6) is 0.526. The molecule has 0 atom stereocenters. The summed E-state index contributed by atoms with van der Waals surface area (Å²) in [4.78, 5) is 31.6. The van der Waals surface area contributed by atoms with Crippen LogP contribution in [0.1, 0.15) is 37.9 Å². The molecule has 0 aliphatic rings. The van der Waals surface area contributed by atoms with Gasteiger partial charge in [0.05, 0.1) is 36.2 Å². The standard InChI is InChI=1S/C33H28N4O5/c1-21-16-27(22(2)37(21)24-11-13-25(40-3)14-12-24)31(38)20-42-33(39)28-17-30(23-8-5-4-6-9-23)35-32-29(28)18-34-36(32)19-26-10-7-15-41-26/h4-18H,19-20H2,1-3H3. The Bertz CT molecular complexity index is 1880. The summed E-state index contributed by atoms with van der Waals surface area (Å²) < 4.78 is 20.0. The summed E-state index contributed by atoms with van der Waals surface area (Å²) in [6.45, 7) is 3.74. The van der Waals surface area contributed by atoms with Crippen LogP contribution in [0.25, 0.3) is 28.0 Å². The van der Waals surface area contributed by atoms with Crippen LogP contribution < -0.4 is 4.74 Å². The number of ketones is 1. The summed E-state index contributed by atoms with van der Waals surface area (Å²) in [5, 5.41) is 4.99. The Morgan fingerprint density at radius 2 is 1.71 bits per heavy atom. The molecule has 0 N–H and O–H groups in total. The van der Waals surface area contributed by atoms with Gasteiger partial charge in [0, 0.05) is 28.2 Å². The van der Waals surface area contributed by atoms with E-state index in [4.69, 9.17) is 18.9 Å². The van der Waals surface area contributed by atoms with E-state index >= 15 is 0 Å². The van der Waals surface area contributed by atoms with Gasteiger partial charge in [0.1, 0.15) is 18.1 Å². The van der Waals surface area contributed by atoms with Gasteiger partial charge in [-0.3, -0.25) is 4.79 Å². The number of methoxy groups -OCH3 is 1. The topological polar surface area (TPSA) is 101 Å². The molecule has 0 spiro atoms. The van der Waals surface area contributed by atoms with Gasteiger partial charge in [-0.2, -0.15) is 5.10 Å². The van der Waals surface area contributed by atoms with Gasteiger partial charge in [0.25, 0.3) is 0 Å². The van der Waals surface area contributed by atoms with E-state index in [0.717, 1.165) is 28.4 Å². The second kappa shape index (κ2) is 11.2. The van der Waals surface area contributed by atoms with Crippen molar-refractivity contribution in [1.29, 1.82) is 0 Å². The van der Waals surface area contributed by atoms with Gasteiger partial charge in [-0.05, 0) is 62.4 Å². The number of benzene rings is 2. The molecule has 2 aromatic carbocycles.